The molecule has 0 aliphatic carbocycles. The Morgan fingerprint density at radius 2 is 1.81 bits per heavy atom. The minimum absolute atomic E-state index is 0.171. The van der Waals surface area contributed by atoms with Crippen molar-refractivity contribution in [2.45, 2.75) is 32.7 Å². The van der Waals surface area contributed by atoms with Gasteiger partial charge in [0.25, 0.3) is 11.5 Å². The Labute approximate surface area is 185 Å². The van der Waals surface area contributed by atoms with Crippen LogP contribution in [0.4, 0.5) is 11.4 Å². The largest absolute Gasteiger partial charge is 0.465 e. The Balaban J connectivity index is 1.78. The average molecular weight is 434 g/mol. The van der Waals surface area contributed by atoms with Gasteiger partial charge in [-0.3, -0.25) is 9.59 Å². The number of methoxy groups -OCH3 is 1. The highest BCUT2D eigenvalue weighted by atomic mass is 16.5. The van der Waals surface area contributed by atoms with Crippen LogP contribution in [0.1, 0.15) is 47.0 Å². The maximum absolute atomic E-state index is 13.4. The molecule has 2 heterocycles. The molecule has 166 valence electrons. The van der Waals surface area contributed by atoms with Gasteiger partial charge in [-0.2, -0.15) is 5.10 Å². The molecule has 1 aromatic heterocycles. The maximum atomic E-state index is 13.4. The van der Waals surface area contributed by atoms with Crippen molar-refractivity contribution in [1.82, 2.24) is 9.78 Å². The summed E-state index contributed by atoms with van der Waals surface area (Å²) in [5, 5.41) is 8.25. The van der Waals surface area contributed by atoms with E-state index in [-0.39, 0.29) is 11.3 Å². The first-order valence-corrected chi connectivity index (χ1v) is 10.8. The van der Waals surface area contributed by atoms with Crippen molar-refractivity contribution in [2.75, 3.05) is 30.4 Å². The Hall–Kier alpha value is -3.68. The van der Waals surface area contributed by atoms with Crippen molar-refractivity contribution < 1.29 is 14.3 Å². The molecule has 8 heteroatoms. The van der Waals surface area contributed by atoms with Gasteiger partial charge in [0.2, 0.25) is 0 Å². The van der Waals surface area contributed by atoms with Crippen LogP contribution in [0, 0.1) is 0 Å². The lowest BCUT2D eigenvalue weighted by molar-refractivity contribution is 0.0600. The lowest BCUT2D eigenvalue weighted by Crippen LogP contribution is -2.28. The number of carbonyl (C=O) groups is 2. The van der Waals surface area contributed by atoms with Crippen molar-refractivity contribution in [3.05, 3.63) is 64.1 Å². The van der Waals surface area contributed by atoms with Crippen molar-refractivity contribution in [1.29, 1.82) is 0 Å². The summed E-state index contributed by atoms with van der Waals surface area (Å²) in [7, 11) is 1.32. The third kappa shape index (κ3) is 4.08. The Kier molecular flexibility index (Phi) is 6.20. The molecule has 1 aliphatic rings. The summed E-state index contributed by atoms with van der Waals surface area (Å²) in [5.74, 6) is -0.915. The van der Waals surface area contributed by atoms with Crippen molar-refractivity contribution in [2.24, 2.45) is 0 Å². The quantitative estimate of drug-likeness (QED) is 0.598. The summed E-state index contributed by atoms with van der Waals surface area (Å²) in [6.07, 6.45) is 2.85. The molecule has 0 saturated carbocycles. The van der Waals surface area contributed by atoms with E-state index in [1.54, 1.807) is 36.4 Å². The van der Waals surface area contributed by atoms with E-state index in [4.69, 9.17) is 4.74 Å². The van der Waals surface area contributed by atoms with Crippen molar-refractivity contribution in [3.8, 4) is 0 Å². The minimum Gasteiger partial charge on any atom is -0.465 e. The summed E-state index contributed by atoms with van der Waals surface area (Å²) in [6.45, 7) is 4.12. The van der Waals surface area contributed by atoms with Gasteiger partial charge < -0.3 is 15.0 Å². The van der Waals surface area contributed by atoms with E-state index in [1.807, 2.05) is 13.0 Å². The molecule has 1 amide bonds. The van der Waals surface area contributed by atoms with Crippen LogP contribution in [-0.2, 0) is 11.3 Å². The number of hydrogen-bond acceptors (Lipinski definition) is 6. The zero-order chi connectivity index (χ0) is 22.7. The Morgan fingerprint density at radius 3 is 2.50 bits per heavy atom. The van der Waals surface area contributed by atoms with E-state index in [1.165, 1.54) is 11.8 Å². The lowest BCUT2D eigenvalue weighted by atomic mass is 10.1. The van der Waals surface area contributed by atoms with Gasteiger partial charge in [0.15, 0.2) is 5.69 Å². The van der Waals surface area contributed by atoms with Crippen LogP contribution in [0.15, 0.2) is 47.3 Å². The second kappa shape index (κ2) is 9.21. The van der Waals surface area contributed by atoms with Crippen LogP contribution in [-0.4, -0.2) is 41.9 Å². The fourth-order valence-electron chi connectivity index (χ4n) is 4.06. The highest BCUT2D eigenvalue weighted by Gasteiger charge is 2.22. The molecule has 0 unspecified atom stereocenters. The van der Waals surface area contributed by atoms with Gasteiger partial charge in [0.05, 0.1) is 29.4 Å². The number of ether oxygens (including phenoxy) is 1. The number of hydrogen-bond donors (Lipinski definition) is 1. The molecule has 1 saturated heterocycles. The van der Waals surface area contributed by atoms with Crippen molar-refractivity contribution >= 4 is 34.0 Å². The molecule has 2 aromatic carbocycles. The predicted molar refractivity (Wildman–Crippen MR) is 123 cm³/mol. The highest BCUT2D eigenvalue weighted by molar-refractivity contribution is 6.12. The summed E-state index contributed by atoms with van der Waals surface area (Å²) >= 11 is 0. The number of nitrogens with zero attached hydrogens (tertiary/aromatic N) is 3. The third-order valence-electron chi connectivity index (χ3n) is 5.63. The fraction of sp³-hybridized carbons (Fsp3) is 0.333. The summed E-state index contributed by atoms with van der Waals surface area (Å²) in [6, 6.07) is 12.1. The number of amides is 1. The normalized spacial score (nSPS) is 13.4. The number of fused-ring (bicyclic) bond motifs is 1. The molecular weight excluding hydrogens is 408 g/mol. The van der Waals surface area contributed by atoms with Gasteiger partial charge in [-0.15, -0.1) is 0 Å². The van der Waals surface area contributed by atoms with Crippen LogP contribution < -0.4 is 15.8 Å². The van der Waals surface area contributed by atoms with Crippen LogP contribution >= 0.6 is 0 Å². The predicted octanol–water partition coefficient (Wildman–Crippen LogP) is 3.45. The number of aryl methyl sites for hydroxylation is 1. The summed E-state index contributed by atoms with van der Waals surface area (Å²) in [4.78, 5) is 40.4. The van der Waals surface area contributed by atoms with Crippen LogP contribution in [0.2, 0.25) is 0 Å². The Bertz CT molecular complexity index is 1230. The first-order chi connectivity index (χ1) is 15.5. The second-order valence-electron chi connectivity index (χ2n) is 7.79. The van der Waals surface area contributed by atoms with Gasteiger partial charge in [-0.05, 0) is 43.5 Å². The van der Waals surface area contributed by atoms with Gasteiger partial charge in [0, 0.05) is 25.0 Å². The number of esters is 1. The van der Waals surface area contributed by atoms with E-state index in [9.17, 15) is 14.4 Å². The van der Waals surface area contributed by atoms with Crippen molar-refractivity contribution in [3.63, 3.8) is 0 Å². The number of anilines is 2. The number of nitrogens with one attached hydrogen (secondary N) is 1. The zero-order valence-electron chi connectivity index (χ0n) is 18.3. The van der Waals surface area contributed by atoms with Crippen LogP contribution in [0.25, 0.3) is 10.8 Å². The van der Waals surface area contributed by atoms with E-state index in [2.05, 4.69) is 15.3 Å². The molecular formula is C24H26N4O4. The number of benzene rings is 2. The van der Waals surface area contributed by atoms with E-state index in [0.29, 0.717) is 35.0 Å². The minimum atomic E-state index is -0.478. The lowest BCUT2D eigenvalue weighted by Gasteiger charge is -2.22. The first kappa shape index (κ1) is 21.5. The molecule has 8 nitrogen and oxygen atoms in total. The molecule has 4 rings (SSSR count). The van der Waals surface area contributed by atoms with Gasteiger partial charge in [-0.1, -0.05) is 25.1 Å². The monoisotopic (exact) mass is 434 g/mol. The number of aromatic nitrogens is 2. The topological polar surface area (TPSA) is 93.5 Å². The zero-order valence-corrected chi connectivity index (χ0v) is 18.3. The summed E-state index contributed by atoms with van der Waals surface area (Å²) in [5.41, 5.74) is 1.65. The molecule has 3 aromatic rings. The second-order valence-corrected chi connectivity index (χ2v) is 7.79. The fourth-order valence-corrected chi connectivity index (χ4v) is 4.06. The molecule has 0 atom stereocenters. The SMILES string of the molecule is CCCn1nc(C(=O)Nc2cc(C(=O)OC)ccc2N2CCCC2)c2ccccc2c1=O. The Morgan fingerprint density at radius 1 is 1.09 bits per heavy atom. The van der Waals surface area contributed by atoms with Crippen LogP contribution in [0.5, 0.6) is 0 Å². The number of carbonyl (C=O) groups excluding carboxylic acids is 2. The molecule has 0 radical (unpaired) electrons. The molecule has 0 bridgehead atoms. The van der Waals surface area contributed by atoms with E-state index in [0.717, 1.165) is 31.6 Å². The van der Waals surface area contributed by atoms with Gasteiger partial charge >= 0.3 is 5.97 Å². The van der Waals surface area contributed by atoms with E-state index < -0.39 is 11.9 Å². The molecule has 1 fully saturated rings. The molecule has 1 N–H and O–H groups in total. The molecule has 1 aliphatic heterocycles. The molecule has 0 spiro atoms. The van der Waals surface area contributed by atoms with Gasteiger partial charge in [-0.25, -0.2) is 9.48 Å². The standard InChI is InChI=1S/C24H26N4O4/c1-3-12-28-23(30)18-9-5-4-8-17(18)21(26-28)22(29)25-19-15-16(24(31)32-2)10-11-20(19)27-13-6-7-14-27/h4-5,8-11,15H,3,6-7,12-14H2,1-2H3,(H,25,29). The smallest absolute Gasteiger partial charge is 0.337 e. The maximum Gasteiger partial charge on any atom is 0.337 e. The average Bonchev–Trinajstić information content (AvgIpc) is 3.35. The third-order valence-corrected chi connectivity index (χ3v) is 5.63. The first-order valence-electron chi connectivity index (χ1n) is 10.8. The van der Waals surface area contributed by atoms with Gasteiger partial charge in [0.1, 0.15) is 0 Å². The summed E-state index contributed by atoms with van der Waals surface area (Å²) < 4.78 is 6.18. The molecule has 32 heavy (non-hydrogen) atoms. The van der Waals surface area contributed by atoms with Crippen LogP contribution in [0.3, 0.4) is 0 Å². The van der Waals surface area contributed by atoms with E-state index >= 15 is 0 Å². The number of rotatable bonds is 6. The highest BCUT2D eigenvalue weighted by Crippen LogP contribution is 2.31.